The number of hydrogen-bond donors (Lipinski definition) is 2. The topological polar surface area (TPSA) is 154 Å². The van der Waals surface area contributed by atoms with Crippen molar-refractivity contribution in [2.75, 3.05) is 31.5 Å². The minimum atomic E-state index is -3.70. The average Bonchev–Trinajstić information content (AvgIpc) is 3.28. The average molecular weight is 500 g/mol. The molecule has 35 heavy (non-hydrogen) atoms. The van der Waals surface area contributed by atoms with Gasteiger partial charge in [-0.2, -0.15) is 14.7 Å². The molecule has 4 rings (SSSR count). The molecular weight excluding hydrogens is 470 g/mol. The van der Waals surface area contributed by atoms with Crippen LogP contribution in [0.2, 0.25) is 0 Å². The summed E-state index contributed by atoms with van der Waals surface area (Å²) in [5.41, 5.74) is 6.31. The van der Waals surface area contributed by atoms with Crippen LogP contribution in [0.5, 0.6) is 0 Å². The SMILES string of the molecule is CC(=O)N1CCN(S(=O)(=O)c2ccc(Nc3nn([C@@H]4CCCC[C@@H]4C#N)cc3C(N)=O)cc2)CC1. The monoisotopic (exact) mass is 499 g/mol. The first kappa shape index (κ1) is 24.7. The normalized spacial score (nSPS) is 21.3. The third kappa shape index (κ3) is 5.16. The zero-order valence-electron chi connectivity index (χ0n) is 19.6. The van der Waals surface area contributed by atoms with E-state index in [1.54, 1.807) is 27.9 Å². The Kier molecular flexibility index (Phi) is 7.09. The Bertz CT molecular complexity index is 1240. The molecule has 3 N–H and O–H groups in total. The summed E-state index contributed by atoms with van der Waals surface area (Å²) >= 11 is 0. The molecule has 0 bridgehead atoms. The molecule has 2 amide bonds. The van der Waals surface area contributed by atoms with Gasteiger partial charge in [0.05, 0.1) is 22.9 Å². The fourth-order valence-corrected chi connectivity index (χ4v) is 6.07. The van der Waals surface area contributed by atoms with Gasteiger partial charge in [0.2, 0.25) is 15.9 Å². The zero-order chi connectivity index (χ0) is 25.2. The van der Waals surface area contributed by atoms with Gasteiger partial charge in [0, 0.05) is 45.0 Å². The number of nitrogens with one attached hydrogen (secondary N) is 1. The van der Waals surface area contributed by atoms with E-state index in [4.69, 9.17) is 5.73 Å². The van der Waals surface area contributed by atoms with Gasteiger partial charge in [-0.25, -0.2) is 8.42 Å². The van der Waals surface area contributed by atoms with Crippen LogP contribution in [-0.4, -0.2) is 65.4 Å². The third-order valence-corrected chi connectivity index (χ3v) is 8.58. The van der Waals surface area contributed by atoms with Gasteiger partial charge in [0.25, 0.3) is 5.91 Å². The summed E-state index contributed by atoms with van der Waals surface area (Å²) in [6, 6.07) is 8.39. The van der Waals surface area contributed by atoms with Crippen LogP contribution >= 0.6 is 0 Å². The maximum absolute atomic E-state index is 13.0. The van der Waals surface area contributed by atoms with Crippen LogP contribution in [0, 0.1) is 17.2 Å². The molecule has 1 saturated carbocycles. The van der Waals surface area contributed by atoms with Crippen LogP contribution in [0.1, 0.15) is 49.0 Å². The number of primary amides is 1. The van der Waals surface area contributed by atoms with E-state index < -0.39 is 15.9 Å². The number of carbonyl (C=O) groups excluding carboxylic acids is 2. The Morgan fingerprint density at radius 1 is 1.11 bits per heavy atom. The minimum absolute atomic E-state index is 0.0677. The molecule has 186 valence electrons. The number of anilines is 2. The number of carbonyl (C=O) groups is 2. The molecule has 1 aliphatic carbocycles. The number of aromatic nitrogens is 2. The van der Waals surface area contributed by atoms with Crippen LogP contribution < -0.4 is 11.1 Å². The van der Waals surface area contributed by atoms with Crippen LogP contribution in [0.25, 0.3) is 0 Å². The molecule has 1 saturated heterocycles. The van der Waals surface area contributed by atoms with Crippen molar-refractivity contribution in [1.29, 1.82) is 5.26 Å². The Labute approximate surface area is 204 Å². The number of nitrogens with zero attached hydrogens (tertiary/aromatic N) is 5. The molecule has 1 aliphatic heterocycles. The quantitative estimate of drug-likeness (QED) is 0.614. The van der Waals surface area contributed by atoms with Crippen LogP contribution in [-0.2, 0) is 14.8 Å². The van der Waals surface area contributed by atoms with Crippen molar-refractivity contribution in [3.8, 4) is 6.07 Å². The largest absolute Gasteiger partial charge is 0.365 e. The summed E-state index contributed by atoms with van der Waals surface area (Å²) in [4.78, 5) is 25.3. The maximum Gasteiger partial charge on any atom is 0.254 e. The van der Waals surface area contributed by atoms with Crippen molar-refractivity contribution in [1.82, 2.24) is 19.0 Å². The molecule has 2 atom stereocenters. The lowest BCUT2D eigenvalue weighted by atomic mass is 9.85. The molecule has 2 aliphatic rings. The van der Waals surface area contributed by atoms with Gasteiger partial charge in [-0.05, 0) is 37.1 Å². The van der Waals surface area contributed by atoms with Crippen molar-refractivity contribution in [3.05, 3.63) is 36.0 Å². The standard InChI is InChI=1S/C23H29N7O4S/c1-16(31)28-10-12-29(13-11-28)35(33,34)19-8-6-18(7-9-19)26-23-20(22(25)32)15-30(27-23)21-5-3-2-4-17(21)14-24/h6-9,15,17,21H,2-5,10-13H2,1H3,(H2,25,32)(H,26,27)/t17-,21-/m1/s1. The summed E-state index contributed by atoms with van der Waals surface area (Å²) in [5, 5.41) is 17.1. The Morgan fingerprint density at radius 3 is 2.37 bits per heavy atom. The highest BCUT2D eigenvalue weighted by Gasteiger charge is 2.30. The predicted molar refractivity (Wildman–Crippen MR) is 128 cm³/mol. The molecular formula is C23H29N7O4S. The van der Waals surface area contributed by atoms with Crippen molar-refractivity contribution < 1.29 is 18.0 Å². The molecule has 1 aromatic carbocycles. The lowest BCUT2D eigenvalue weighted by Gasteiger charge is -2.33. The van der Waals surface area contributed by atoms with Gasteiger partial charge in [0.1, 0.15) is 5.56 Å². The van der Waals surface area contributed by atoms with Gasteiger partial charge in [0.15, 0.2) is 5.82 Å². The first-order valence-corrected chi connectivity index (χ1v) is 13.1. The summed E-state index contributed by atoms with van der Waals surface area (Å²) in [6.45, 7) is 2.68. The van der Waals surface area contributed by atoms with Gasteiger partial charge >= 0.3 is 0 Å². The van der Waals surface area contributed by atoms with E-state index in [1.807, 2.05) is 0 Å². The van der Waals surface area contributed by atoms with E-state index >= 15 is 0 Å². The summed E-state index contributed by atoms with van der Waals surface area (Å²) in [6.07, 6.45) is 5.13. The third-order valence-electron chi connectivity index (χ3n) is 6.67. The maximum atomic E-state index is 13.0. The van der Waals surface area contributed by atoms with Gasteiger partial charge < -0.3 is 16.0 Å². The first-order chi connectivity index (χ1) is 16.7. The molecule has 1 aromatic heterocycles. The van der Waals surface area contributed by atoms with E-state index in [2.05, 4.69) is 16.5 Å². The number of nitriles is 1. The predicted octanol–water partition coefficient (Wildman–Crippen LogP) is 1.83. The number of benzene rings is 1. The molecule has 2 heterocycles. The second-order valence-corrected chi connectivity index (χ2v) is 10.8. The molecule has 2 fully saturated rings. The van der Waals surface area contributed by atoms with E-state index in [1.165, 1.54) is 23.4 Å². The van der Waals surface area contributed by atoms with Gasteiger partial charge in [-0.15, -0.1) is 0 Å². The van der Waals surface area contributed by atoms with Crippen molar-refractivity contribution in [2.45, 2.75) is 43.5 Å². The molecule has 12 heteroatoms. The van der Waals surface area contributed by atoms with Crippen LogP contribution in [0.4, 0.5) is 11.5 Å². The van der Waals surface area contributed by atoms with Crippen LogP contribution in [0.15, 0.2) is 35.4 Å². The highest BCUT2D eigenvalue weighted by Crippen LogP contribution is 2.34. The Morgan fingerprint density at radius 2 is 1.77 bits per heavy atom. The molecule has 0 spiro atoms. The van der Waals surface area contributed by atoms with E-state index in [-0.39, 0.29) is 47.2 Å². The van der Waals surface area contributed by atoms with E-state index in [0.717, 1.165) is 25.7 Å². The Balaban J connectivity index is 1.51. The zero-order valence-corrected chi connectivity index (χ0v) is 20.4. The first-order valence-electron chi connectivity index (χ1n) is 11.6. The minimum Gasteiger partial charge on any atom is -0.365 e. The second-order valence-electron chi connectivity index (χ2n) is 8.88. The van der Waals surface area contributed by atoms with Crippen LogP contribution in [0.3, 0.4) is 0 Å². The lowest BCUT2D eigenvalue weighted by molar-refractivity contribution is -0.129. The Hall–Kier alpha value is -3.43. The van der Waals surface area contributed by atoms with Crippen molar-refractivity contribution in [2.24, 2.45) is 11.7 Å². The highest BCUT2D eigenvalue weighted by atomic mass is 32.2. The number of nitrogens with two attached hydrogens (primary N) is 1. The summed E-state index contributed by atoms with van der Waals surface area (Å²) in [7, 11) is -3.70. The summed E-state index contributed by atoms with van der Waals surface area (Å²) < 4.78 is 29.0. The fraction of sp³-hybridized carbons (Fsp3) is 0.478. The lowest BCUT2D eigenvalue weighted by Crippen LogP contribution is -2.49. The van der Waals surface area contributed by atoms with E-state index in [9.17, 15) is 23.3 Å². The number of amides is 2. The summed E-state index contributed by atoms with van der Waals surface area (Å²) in [5.74, 6) is -0.636. The molecule has 2 aromatic rings. The number of sulfonamides is 1. The second kappa shape index (κ2) is 10.1. The molecule has 11 nitrogen and oxygen atoms in total. The van der Waals surface area contributed by atoms with Gasteiger partial charge in [-0.1, -0.05) is 12.8 Å². The molecule has 0 radical (unpaired) electrons. The number of rotatable bonds is 6. The fourth-order valence-electron chi connectivity index (χ4n) is 4.65. The highest BCUT2D eigenvalue weighted by molar-refractivity contribution is 7.89. The van der Waals surface area contributed by atoms with Crippen molar-refractivity contribution >= 4 is 33.3 Å². The van der Waals surface area contributed by atoms with Crippen molar-refractivity contribution in [3.63, 3.8) is 0 Å². The number of hydrogen-bond acceptors (Lipinski definition) is 7. The van der Waals surface area contributed by atoms with E-state index in [0.29, 0.717) is 18.8 Å². The smallest absolute Gasteiger partial charge is 0.254 e. The number of piperazine rings is 1. The van der Waals surface area contributed by atoms with Gasteiger partial charge in [-0.3, -0.25) is 14.3 Å². The molecule has 0 unspecified atom stereocenters.